The van der Waals surface area contributed by atoms with Crippen molar-refractivity contribution in [1.29, 1.82) is 0 Å². The average molecular weight is 211 g/mol. The van der Waals surface area contributed by atoms with Gasteiger partial charge in [0.25, 0.3) is 0 Å². The van der Waals surface area contributed by atoms with Gasteiger partial charge in [-0.25, -0.2) is 0 Å². The maximum absolute atomic E-state index is 9.80. The quantitative estimate of drug-likeness (QED) is 0.585. The molecule has 16 heavy (non-hydrogen) atoms. The molecule has 0 fully saturated rings. The molecule has 0 bridgehead atoms. The molecule has 0 saturated carbocycles. The summed E-state index contributed by atoms with van der Waals surface area (Å²) < 4.78 is 0. The number of aromatic nitrogens is 1. The number of para-hydroxylation sites is 1. The fraction of sp³-hybridized carbons (Fsp3) is 0.143. The highest BCUT2D eigenvalue weighted by molar-refractivity contribution is 6.10. The molecule has 0 amide bonds. The minimum absolute atomic E-state index is 0.311. The van der Waals surface area contributed by atoms with E-state index in [0.717, 1.165) is 16.4 Å². The first kappa shape index (κ1) is 9.28. The van der Waals surface area contributed by atoms with Gasteiger partial charge in [0.2, 0.25) is 0 Å². The van der Waals surface area contributed by atoms with E-state index in [9.17, 15) is 5.11 Å². The van der Waals surface area contributed by atoms with Gasteiger partial charge in [0.05, 0.1) is 5.52 Å². The lowest BCUT2D eigenvalue weighted by atomic mass is 10.0. The molecule has 0 aliphatic heterocycles. The summed E-state index contributed by atoms with van der Waals surface area (Å²) in [5.41, 5.74) is 4.39. The lowest BCUT2D eigenvalue weighted by Gasteiger charge is -1.99. The number of phenols is 1. The number of nitrogens with one attached hydrogen (secondary N) is 1. The van der Waals surface area contributed by atoms with E-state index in [1.165, 1.54) is 16.5 Å². The van der Waals surface area contributed by atoms with Gasteiger partial charge in [-0.2, -0.15) is 0 Å². The van der Waals surface area contributed by atoms with Crippen LogP contribution in [-0.2, 0) is 0 Å². The number of benzene rings is 2. The van der Waals surface area contributed by atoms with E-state index < -0.39 is 0 Å². The van der Waals surface area contributed by atoms with Crippen molar-refractivity contribution in [3.05, 3.63) is 41.5 Å². The number of hydrogen-bond acceptors (Lipinski definition) is 1. The van der Waals surface area contributed by atoms with Crippen LogP contribution >= 0.6 is 0 Å². The molecule has 2 aromatic carbocycles. The minimum atomic E-state index is 0.311. The Morgan fingerprint density at radius 2 is 1.94 bits per heavy atom. The molecule has 3 rings (SSSR count). The predicted molar refractivity (Wildman–Crippen MR) is 66.9 cm³/mol. The summed E-state index contributed by atoms with van der Waals surface area (Å²) >= 11 is 0. The molecule has 2 nitrogen and oxygen atoms in total. The normalized spacial score (nSPS) is 11.4. The number of fused-ring (bicyclic) bond motifs is 3. The highest BCUT2D eigenvalue weighted by Crippen LogP contribution is 2.33. The Labute approximate surface area is 93.5 Å². The number of rotatable bonds is 0. The maximum atomic E-state index is 9.80. The molecule has 0 aliphatic carbocycles. The largest absolute Gasteiger partial charge is 0.506 e. The van der Waals surface area contributed by atoms with Gasteiger partial charge in [-0.15, -0.1) is 0 Å². The van der Waals surface area contributed by atoms with E-state index in [1.54, 1.807) is 6.07 Å². The third-order valence-corrected chi connectivity index (χ3v) is 3.05. The van der Waals surface area contributed by atoms with Crippen LogP contribution in [0.15, 0.2) is 30.3 Å². The van der Waals surface area contributed by atoms with Crippen LogP contribution in [-0.4, -0.2) is 10.1 Å². The number of H-pyrrole nitrogens is 1. The summed E-state index contributed by atoms with van der Waals surface area (Å²) in [6.07, 6.45) is 0. The van der Waals surface area contributed by atoms with Crippen LogP contribution in [0.3, 0.4) is 0 Å². The summed E-state index contributed by atoms with van der Waals surface area (Å²) in [6, 6.07) is 9.90. The van der Waals surface area contributed by atoms with E-state index in [-0.39, 0.29) is 0 Å². The Morgan fingerprint density at radius 3 is 2.75 bits per heavy atom. The van der Waals surface area contributed by atoms with Gasteiger partial charge in [-0.1, -0.05) is 18.2 Å². The number of aryl methyl sites for hydroxylation is 2. The van der Waals surface area contributed by atoms with Crippen molar-refractivity contribution in [3.63, 3.8) is 0 Å². The van der Waals surface area contributed by atoms with Gasteiger partial charge in [-0.3, -0.25) is 0 Å². The molecule has 0 saturated heterocycles. The van der Waals surface area contributed by atoms with Crippen molar-refractivity contribution in [1.82, 2.24) is 4.98 Å². The van der Waals surface area contributed by atoms with Gasteiger partial charge in [0.15, 0.2) is 0 Å². The van der Waals surface area contributed by atoms with Crippen LogP contribution in [0.2, 0.25) is 0 Å². The Kier molecular flexibility index (Phi) is 1.75. The number of aromatic amines is 1. The van der Waals surface area contributed by atoms with Crippen LogP contribution in [0, 0.1) is 13.8 Å². The Balaban J connectivity index is 2.61. The van der Waals surface area contributed by atoms with Crippen molar-refractivity contribution < 1.29 is 5.11 Å². The molecular weight excluding hydrogens is 198 g/mol. The topological polar surface area (TPSA) is 36.0 Å². The summed E-state index contributed by atoms with van der Waals surface area (Å²) in [6.45, 7) is 4.18. The number of hydrogen-bond donors (Lipinski definition) is 2. The summed E-state index contributed by atoms with van der Waals surface area (Å²) in [5.74, 6) is 0.311. The lowest BCUT2D eigenvalue weighted by molar-refractivity contribution is 0.480. The second-order valence-electron chi connectivity index (χ2n) is 4.33. The van der Waals surface area contributed by atoms with Crippen molar-refractivity contribution in [2.45, 2.75) is 13.8 Å². The SMILES string of the molecule is Cc1cc(C)c2c(c1)[nH]c1c(O)cccc12. The molecule has 2 heteroatoms. The van der Waals surface area contributed by atoms with Gasteiger partial charge in [-0.05, 0) is 37.1 Å². The highest BCUT2D eigenvalue weighted by atomic mass is 16.3. The average Bonchev–Trinajstić information content (AvgIpc) is 2.57. The zero-order valence-corrected chi connectivity index (χ0v) is 9.33. The zero-order valence-electron chi connectivity index (χ0n) is 9.33. The monoisotopic (exact) mass is 211 g/mol. The molecule has 2 N–H and O–H groups in total. The van der Waals surface area contributed by atoms with Crippen LogP contribution in [0.4, 0.5) is 0 Å². The Hall–Kier alpha value is -1.96. The Morgan fingerprint density at radius 1 is 1.12 bits per heavy atom. The molecule has 0 spiro atoms. The van der Waals surface area contributed by atoms with Gasteiger partial charge in [0, 0.05) is 16.3 Å². The van der Waals surface area contributed by atoms with Crippen LogP contribution in [0.1, 0.15) is 11.1 Å². The standard InChI is InChI=1S/C14H13NO/c1-8-6-9(2)13-10-4-3-5-12(16)14(10)15-11(13)7-8/h3-7,15-16H,1-2H3. The fourth-order valence-corrected chi connectivity index (χ4v) is 2.44. The third kappa shape index (κ3) is 1.13. The first-order valence-corrected chi connectivity index (χ1v) is 5.37. The number of aromatic hydroxyl groups is 1. The molecule has 1 aromatic heterocycles. The van der Waals surface area contributed by atoms with E-state index in [0.29, 0.717) is 5.75 Å². The zero-order chi connectivity index (χ0) is 11.3. The van der Waals surface area contributed by atoms with E-state index in [4.69, 9.17) is 0 Å². The second kappa shape index (κ2) is 3.01. The predicted octanol–water partition coefficient (Wildman–Crippen LogP) is 3.64. The lowest BCUT2D eigenvalue weighted by Crippen LogP contribution is -1.78. The smallest absolute Gasteiger partial charge is 0.139 e. The van der Waals surface area contributed by atoms with Gasteiger partial charge >= 0.3 is 0 Å². The van der Waals surface area contributed by atoms with E-state index in [2.05, 4.69) is 31.0 Å². The van der Waals surface area contributed by atoms with E-state index in [1.807, 2.05) is 12.1 Å². The van der Waals surface area contributed by atoms with Crippen LogP contribution in [0.25, 0.3) is 21.8 Å². The van der Waals surface area contributed by atoms with Gasteiger partial charge < -0.3 is 10.1 Å². The highest BCUT2D eigenvalue weighted by Gasteiger charge is 2.09. The minimum Gasteiger partial charge on any atom is -0.506 e. The molecule has 0 aliphatic rings. The maximum Gasteiger partial charge on any atom is 0.139 e. The Bertz CT molecular complexity index is 695. The summed E-state index contributed by atoms with van der Waals surface area (Å²) in [5, 5.41) is 12.1. The van der Waals surface area contributed by atoms with Crippen LogP contribution < -0.4 is 0 Å². The van der Waals surface area contributed by atoms with Crippen molar-refractivity contribution in [2.24, 2.45) is 0 Å². The molecular formula is C14H13NO. The van der Waals surface area contributed by atoms with E-state index >= 15 is 0 Å². The van der Waals surface area contributed by atoms with Crippen LogP contribution in [0.5, 0.6) is 5.75 Å². The first-order valence-electron chi connectivity index (χ1n) is 5.37. The molecule has 1 heterocycles. The third-order valence-electron chi connectivity index (χ3n) is 3.05. The molecule has 3 aromatic rings. The fourth-order valence-electron chi connectivity index (χ4n) is 2.44. The number of phenolic OH excluding ortho intramolecular Hbond substituents is 1. The van der Waals surface area contributed by atoms with Gasteiger partial charge in [0.1, 0.15) is 5.75 Å². The first-order chi connectivity index (χ1) is 7.66. The van der Waals surface area contributed by atoms with Crippen molar-refractivity contribution >= 4 is 21.8 Å². The van der Waals surface area contributed by atoms with Crippen molar-refractivity contribution in [3.8, 4) is 5.75 Å². The summed E-state index contributed by atoms with van der Waals surface area (Å²) in [4.78, 5) is 3.28. The second-order valence-corrected chi connectivity index (χ2v) is 4.33. The molecule has 0 radical (unpaired) electrons. The molecule has 0 unspecified atom stereocenters. The molecule has 80 valence electrons. The van der Waals surface area contributed by atoms with Crippen molar-refractivity contribution in [2.75, 3.05) is 0 Å². The summed E-state index contributed by atoms with van der Waals surface area (Å²) in [7, 11) is 0. The molecule has 0 atom stereocenters.